The number of carboxylic acid groups (broad SMARTS) is 1. The van der Waals surface area contributed by atoms with Crippen molar-refractivity contribution in [2.24, 2.45) is 29.2 Å². The van der Waals surface area contributed by atoms with Crippen molar-refractivity contribution in [2.45, 2.75) is 194 Å². The van der Waals surface area contributed by atoms with Gasteiger partial charge in [0.05, 0.1) is 12.1 Å². The number of unbranched alkanes of at least 4 members (excludes halogenated alkanes) is 1. The smallest absolute Gasteiger partial charge is 0.326 e. The number of carbonyl (C=O) groups excluding carboxylic acids is 9. The van der Waals surface area contributed by atoms with E-state index in [9.17, 15) is 53.1 Å². The number of hydrogen-bond acceptors (Lipinski definition) is 13. The molecule has 0 aliphatic carbocycles. The first kappa shape index (κ1) is 65.0. The van der Waals surface area contributed by atoms with Crippen LogP contribution >= 0.6 is 11.8 Å². The molecule has 0 aromatic heterocycles. The summed E-state index contributed by atoms with van der Waals surface area (Å²) in [7, 11) is 0. The molecular weight excluding hydrogens is 927 g/mol. The summed E-state index contributed by atoms with van der Waals surface area (Å²) in [5.74, 6) is -8.02. The van der Waals surface area contributed by atoms with Gasteiger partial charge in [-0.25, -0.2) is 4.79 Å². The molecule has 0 aromatic carbocycles. The average molecular weight is 1010 g/mol. The van der Waals surface area contributed by atoms with Crippen LogP contribution in [0, 0.1) is 17.8 Å². The summed E-state index contributed by atoms with van der Waals surface area (Å²) in [5, 5.41) is 33.3. The highest BCUT2D eigenvalue weighted by atomic mass is 32.2. The molecule has 0 aromatic rings. The van der Waals surface area contributed by atoms with Gasteiger partial charge in [-0.15, -0.1) is 0 Å². The molecule has 7 atom stereocenters. The molecule has 22 nitrogen and oxygen atoms in total. The zero-order valence-electron chi connectivity index (χ0n) is 44.3. The van der Waals surface area contributed by atoms with E-state index in [1.807, 2.05) is 27.0 Å². The van der Waals surface area contributed by atoms with E-state index >= 15 is 0 Å². The SMILES string of the molecule is CC[C@H](C)[C@H](NC(=O)[C@@H](NC(=O)CNC(=O)[C@H](CCSC)NC(=O)[C@H](CC(C)C)NC(=O)[C@H](CCCCN)NC(=O)C(C)(C)NC(=O)C(C)(C)NC(=O)C(C)(C)NC(=O)C(C)(C)N)[C@@H](C)CC)C(=O)O. The number of nitrogens with two attached hydrogens (primary N) is 2. The molecule has 0 aliphatic heterocycles. The van der Waals surface area contributed by atoms with Crippen molar-refractivity contribution < 1.29 is 53.1 Å². The summed E-state index contributed by atoms with van der Waals surface area (Å²) in [6.07, 6.45) is 4.06. The molecule has 0 rings (SSSR count). The second-order valence-corrected chi connectivity index (χ2v) is 21.6. The minimum atomic E-state index is -1.65. The normalized spacial score (nSPS) is 15.1. The van der Waals surface area contributed by atoms with Gasteiger partial charge < -0.3 is 64.4 Å². The molecule has 0 spiro atoms. The molecule has 9 amide bonds. The number of thioether (sulfide) groups is 1. The minimum absolute atomic E-state index is 0.106. The second-order valence-electron chi connectivity index (χ2n) is 20.7. The van der Waals surface area contributed by atoms with Crippen molar-refractivity contribution >= 4 is 70.9 Å². The van der Waals surface area contributed by atoms with E-state index in [0.29, 0.717) is 38.0 Å². The van der Waals surface area contributed by atoms with Gasteiger partial charge in [0, 0.05) is 0 Å². The maximum Gasteiger partial charge on any atom is 0.326 e. The molecule has 70 heavy (non-hydrogen) atoms. The van der Waals surface area contributed by atoms with Crippen LogP contribution in [0.25, 0.3) is 0 Å². The first-order chi connectivity index (χ1) is 32.1. The topological polar surface area (TPSA) is 351 Å². The lowest BCUT2D eigenvalue weighted by Crippen LogP contribution is -2.67. The first-order valence-corrected chi connectivity index (χ1v) is 25.5. The lowest BCUT2D eigenvalue weighted by molar-refractivity contribution is -0.144. The van der Waals surface area contributed by atoms with Crippen molar-refractivity contribution in [3.05, 3.63) is 0 Å². The van der Waals surface area contributed by atoms with Gasteiger partial charge in [-0.3, -0.25) is 43.2 Å². The highest BCUT2D eigenvalue weighted by molar-refractivity contribution is 7.98. The Balaban J connectivity index is 6.24. The van der Waals surface area contributed by atoms with Crippen LogP contribution in [0.1, 0.15) is 142 Å². The van der Waals surface area contributed by atoms with Gasteiger partial charge in [0.25, 0.3) is 0 Å². The molecule has 0 saturated heterocycles. The molecular formula is C47H87N11O11S. The molecule has 14 N–H and O–H groups in total. The van der Waals surface area contributed by atoms with E-state index in [1.54, 1.807) is 20.8 Å². The van der Waals surface area contributed by atoms with E-state index < -0.39 is 124 Å². The fourth-order valence-corrected chi connectivity index (χ4v) is 6.96. The summed E-state index contributed by atoms with van der Waals surface area (Å²) in [6, 6.07) is -5.81. The Bertz CT molecular complexity index is 1820. The van der Waals surface area contributed by atoms with Crippen LogP contribution < -0.4 is 59.3 Å². The zero-order valence-corrected chi connectivity index (χ0v) is 45.1. The van der Waals surface area contributed by atoms with Crippen LogP contribution in [-0.4, -0.2) is 142 Å². The third-order valence-electron chi connectivity index (χ3n) is 11.7. The number of carbonyl (C=O) groups is 10. The number of aliphatic carboxylic acids is 1. The molecule has 0 fully saturated rings. The van der Waals surface area contributed by atoms with Crippen LogP contribution in [-0.2, 0) is 47.9 Å². The molecule has 0 heterocycles. The Kier molecular flexibility index (Phi) is 27.2. The molecule has 402 valence electrons. The molecule has 0 aliphatic rings. The Hall–Kier alpha value is -5.03. The predicted octanol–water partition coefficient (Wildman–Crippen LogP) is 0.0533. The maximum absolute atomic E-state index is 14.1. The Morgan fingerprint density at radius 3 is 1.47 bits per heavy atom. The average Bonchev–Trinajstić information content (AvgIpc) is 3.25. The Morgan fingerprint density at radius 1 is 0.557 bits per heavy atom. The van der Waals surface area contributed by atoms with Gasteiger partial charge in [-0.05, 0) is 124 Å². The third-order valence-corrected chi connectivity index (χ3v) is 12.4. The van der Waals surface area contributed by atoms with Gasteiger partial charge in [0.15, 0.2) is 0 Å². The fraction of sp³-hybridized carbons (Fsp3) is 0.787. The summed E-state index contributed by atoms with van der Waals surface area (Å²) in [4.78, 5) is 133. The van der Waals surface area contributed by atoms with Gasteiger partial charge in [-0.1, -0.05) is 54.4 Å². The maximum atomic E-state index is 14.1. The van der Waals surface area contributed by atoms with E-state index in [2.05, 4.69) is 47.9 Å². The van der Waals surface area contributed by atoms with Crippen LogP contribution in [0.15, 0.2) is 0 Å². The molecule has 23 heteroatoms. The van der Waals surface area contributed by atoms with Crippen molar-refractivity contribution in [1.29, 1.82) is 0 Å². The van der Waals surface area contributed by atoms with Crippen LogP contribution in [0.4, 0.5) is 0 Å². The van der Waals surface area contributed by atoms with E-state index in [-0.39, 0.29) is 31.1 Å². The zero-order chi connectivity index (χ0) is 54.5. The molecule has 0 saturated carbocycles. The summed E-state index contributed by atoms with van der Waals surface area (Å²) in [6.45, 7) is 21.9. The summed E-state index contributed by atoms with van der Waals surface area (Å²) in [5.41, 5.74) is 5.59. The lowest BCUT2D eigenvalue weighted by Gasteiger charge is -2.35. The van der Waals surface area contributed by atoms with Crippen LogP contribution in [0.2, 0.25) is 0 Å². The largest absolute Gasteiger partial charge is 0.480 e. The highest BCUT2D eigenvalue weighted by Gasteiger charge is 2.42. The number of rotatable bonds is 32. The standard InChI is InChI=1S/C47H87N11O11S/c1-16-27(5)33(38(63)55-34(39(64)65)28(6)17-2)54-32(59)25-50-35(60)30(21-23-70-15)51-37(62)31(24-26(3)4)52-36(61)29(20-18-19-22-48)53-41(67)45(9,10)57-43(69)47(13,14)58-42(68)46(11,12)56-40(66)44(7,8)49/h26-31,33-34H,16-25,48-49H2,1-15H3,(H,50,60)(H,51,62)(H,52,61)(H,53,67)(H,54,59)(H,55,63)(H,56,66)(H,57,69)(H,58,68)(H,64,65)/t27-,28-,29-,30-,31-,33-,34-/m0/s1. The van der Waals surface area contributed by atoms with Gasteiger partial charge in [-0.2, -0.15) is 11.8 Å². The van der Waals surface area contributed by atoms with Gasteiger partial charge in [0.2, 0.25) is 53.2 Å². The van der Waals surface area contributed by atoms with Gasteiger partial charge in [0.1, 0.15) is 46.8 Å². The number of nitrogens with one attached hydrogen (secondary N) is 9. The predicted molar refractivity (Wildman–Crippen MR) is 269 cm³/mol. The van der Waals surface area contributed by atoms with Crippen molar-refractivity contribution in [1.82, 2.24) is 47.9 Å². The summed E-state index contributed by atoms with van der Waals surface area (Å²) >= 11 is 1.41. The Labute approximate surface area is 419 Å². The van der Waals surface area contributed by atoms with Crippen molar-refractivity contribution in [3.63, 3.8) is 0 Å². The van der Waals surface area contributed by atoms with E-state index in [1.165, 1.54) is 67.2 Å². The fourth-order valence-electron chi connectivity index (χ4n) is 6.49. The monoisotopic (exact) mass is 1010 g/mol. The first-order valence-electron chi connectivity index (χ1n) is 24.1. The number of hydrogen-bond donors (Lipinski definition) is 12. The van der Waals surface area contributed by atoms with Crippen LogP contribution in [0.3, 0.4) is 0 Å². The van der Waals surface area contributed by atoms with Gasteiger partial charge >= 0.3 is 5.97 Å². The van der Waals surface area contributed by atoms with E-state index in [4.69, 9.17) is 11.5 Å². The van der Waals surface area contributed by atoms with Crippen LogP contribution in [0.5, 0.6) is 0 Å². The highest BCUT2D eigenvalue weighted by Crippen LogP contribution is 2.16. The van der Waals surface area contributed by atoms with Crippen molar-refractivity contribution in [2.75, 3.05) is 25.1 Å². The second kappa shape index (κ2) is 29.3. The third kappa shape index (κ3) is 22.4. The lowest BCUT2D eigenvalue weighted by atomic mass is 9.95. The van der Waals surface area contributed by atoms with Crippen molar-refractivity contribution in [3.8, 4) is 0 Å². The number of amides is 9. The quantitative estimate of drug-likeness (QED) is 0.0397. The molecule has 0 bridgehead atoms. The molecule has 0 unspecified atom stereocenters. The summed E-state index contributed by atoms with van der Waals surface area (Å²) < 4.78 is 0. The minimum Gasteiger partial charge on any atom is -0.480 e. The molecule has 0 radical (unpaired) electrons. The number of carboxylic acids is 1. The van der Waals surface area contributed by atoms with E-state index in [0.717, 1.165) is 0 Å². The Morgan fingerprint density at radius 2 is 1.01 bits per heavy atom.